The van der Waals surface area contributed by atoms with Crippen LogP contribution in [0, 0.1) is 11.7 Å². The summed E-state index contributed by atoms with van der Waals surface area (Å²) in [5.41, 5.74) is 6.01. The Hall–Kier alpha value is -2.47. The first-order chi connectivity index (χ1) is 16.1. The average Bonchev–Trinajstić information content (AvgIpc) is 3.56. The second-order valence-electron chi connectivity index (χ2n) is 10.9. The molecular formula is C27H31FN4O. The first-order valence-corrected chi connectivity index (χ1v) is 12.7. The maximum absolute atomic E-state index is 15.2. The third-order valence-corrected chi connectivity index (χ3v) is 8.74. The zero-order chi connectivity index (χ0) is 22.1. The van der Waals surface area contributed by atoms with Gasteiger partial charge in [0, 0.05) is 48.8 Å². The van der Waals surface area contributed by atoms with E-state index in [4.69, 9.17) is 0 Å². The molecule has 3 aliphatic carbocycles. The second-order valence-corrected chi connectivity index (χ2v) is 10.9. The predicted molar refractivity (Wildman–Crippen MR) is 125 cm³/mol. The Morgan fingerprint density at radius 3 is 2.79 bits per heavy atom. The van der Waals surface area contributed by atoms with Crippen LogP contribution in [-0.4, -0.2) is 42.1 Å². The summed E-state index contributed by atoms with van der Waals surface area (Å²) in [5, 5.41) is 6.82. The van der Waals surface area contributed by atoms with Gasteiger partial charge in [0.05, 0.1) is 5.56 Å². The molecule has 5 aliphatic rings. The minimum atomic E-state index is -0.123. The highest BCUT2D eigenvalue weighted by Gasteiger charge is 2.43. The van der Waals surface area contributed by atoms with Crippen molar-refractivity contribution in [2.45, 2.75) is 75.4 Å². The molecule has 6 heteroatoms. The van der Waals surface area contributed by atoms with Crippen LogP contribution in [-0.2, 0) is 19.3 Å². The molecule has 1 amide bonds. The summed E-state index contributed by atoms with van der Waals surface area (Å²) in [4.78, 5) is 19.9. The molecule has 33 heavy (non-hydrogen) atoms. The molecule has 3 heterocycles. The van der Waals surface area contributed by atoms with Gasteiger partial charge in [-0.2, -0.15) is 0 Å². The minimum absolute atomic E-state index is 0.0370. The van der Waals surface area contributed by atoms with Crippen LogP contribution in [0.4, 0.5) is 10.1 Å². The Balaban J connectivity index is 1.06. The summed E-state index contributed by atoms with van der Waals surface area (Å²) in [6.45, 7) is 1.92. The van der Waals surface area contributed by atoms with E-state index in [1.54, 1.807) is 12.3 Å². The largest absolute Gasteiger partial charge is 0.368 e. The van der Waals surface area contributed by atoms with Gasteiger partial charge >= 0.3 is 0 Å². The zero-order valence-corrected chi connectivity index (χ0v) is 18.9. The van der Waals surface area contributed by atoms with Crippen molar-refractivity contribution in [3.05, 3.63) is 58.2 Å². The first kappa shape index (κ1) is 20.0. The number of carbonyl (C=O) groups is 1. The first-order valence-electron chi connectivity index (χ1n) is 12.7. The summed E-state index contributed by atoms with van der Waals surface area (Å²) in [7, 11) is 0. The minimum Gasteiger partial charge on any atom is -0.368 e. The van der Waals surface area contributed by atoms with Crippen molar-refractivity contribution in [1.82, 2.24) is 15.6 Å². The van der Waals surface area contributed by atoms with Crippen molar-refractivity contribution in [3.63, 3.8) is 0 Å². The van der Waals surface area contributed by atoms with Gasteiger partial charge in [-0.1, -0.05) is 0 Å². The SMILES string of the molecule is O=C(N[C@@H]1CCc2cc(N3CC4CCC(C3)N4)cc(F)c2C1)c1cnc2c(c1)[C@@H]1C[C@@H]1CC2. The van der Waals surface area contributed by atoms with Crippen molar-refractivity contribution in [3.8, 4) is 0 Å². The van der Waals surface area contributed by atoms with Crippen LogP contribution in [0.1, 0.15) is 70.8 Å². The van der Waals surface area contributed by atoms with E-state index in [0.717, 1.165) is 55.1 Å². The number of piperazine rings is 1. The molecule has 2 unspecified atom stereocenters. The van der Waals surface area contributed by atoms with Gasteiger partial charge in [0.25, 0.3) is 5.91 Å². The Morgan fingerprint density at radius 1 is 1.09 bits per heavy atom. The number of nitrogens with one attached hydrogen (secondary N) is 2. The average molecular weight is 447 g/mol. The van der Waals surface area contributed by atoms with Crippen molar-refractivity contribution in [2.24, 2.45) is 5.92 Å². The van der Waals surface area contributed by atoms with Gasteiger partial charge in [-0.15, -0.1) is 0 Å². The number of hydrogen-bond acceptors (Lipinski definition) is 4. The molecule has 7 rings (SSSR count). The van der Waals surface area contributed by atoms with E-state index in [2.05, 4.69) is 32.7 Å². The number of anilines is 1. The molecule has 1 saturated carbocycles. The van der Waals surface area contributed by atoms with E-state index >= 15 is 4.39 Å². The number of pyridine rings is 1. The maximum Gasteiger partial charge on any atom is 0.253 e. The van der Waals surface area contributed by atoms with Crippen molar-refractivity contribution in [1.29, 1.82) is 0 Å². The van der Waals surface area contributed by atoms with Crippen LogP contribution < -0.4 is 15.5 Å². The van der Waals surface area contributed by atoms with Gasteiger partial charge in [0.15, 0.2) is 0 Å². The standard InChI is InChI=1S/C27H31FN4O/c28-25-11-21(32-13-19-4-5-20(14-32)30-19)7-15-1-3-18(10-23(15)25)31-27(33)17-9-24-22-8-16(22)2-6-26(24)29-12-17/h7,9,11-12,16,18-20,22,30H,1-6,8,10,13-14H2,(H,31,33)/t16-,18+,19?,20?,22+/m0/s1. The van der Waals surface area contributed by atoms with Crippen LogP contribution >= 0.6 is 0 Å². The monoisotopic (exact) mass is 446 g/mol. The van der Waals surface area contributed by atoms with Gasteiger partial charge < -0.3 is 15.5 Å². The quantitative estimate of drug-likeness (QED) is 0.758. The molecule has 3 fully saturated rings. The van der Waals surface area contributed by atoms with E-state index in [1.807, 2.05) is 0 Å². The predicted octanol–water partition coefficient (Wildman–Crippen LogP) is 3.50. The summed E-state index contributed by atoms with van der Waals surface area (Å²) >= 11 is 0. The van der Waals surface area contributed by atoms with Crippen molar-refractivity contribution < 1.29 is 9.18 Å². The lowest BCUT2D eigenvalue weighted by atomic mass is 9.87. The van der Waals surface area contributed by atoms with E-state index in [-0.39, 0.29) is 17.8 Å². The van der Waals surface area contributed by atoms with Crippen LogP contribution in [0.3, 0.4) is 0 Å². The molecule has 0 radical (unpaired) electrons. The number of hydrogen-bond donors (Lipinski definition) is 2. The topological polar surface area (TPSA) is 57.3 Å². The van der Waals surface area contributed by atoms with Crippen molar-refractivity contribution in [2.75, 3.05) is 18.0 Å². The summed E-state index contributed by atoms with van der Waals surface area (Å²) in [6.07, 6.45) is 9.89. The van der Waals surface area contributed by atoms with Crippen LogP contribution in [0.15, 0.2) is 24.4 Å². The highest BCUT2D eigenvalue weighted by Crippen LogP contribution is 2.54. The molecule has 1 aromatic carbocycles. The fourth-order valence-electron chi connectivity index (χ4n) is 6.82. The van der Waals surface area contributed by atoms with E-state index < -0.39 is 0 Å². The van der Waals surface area contributed by atoms with Gasteiger partial charge in [0.2, 0.25) is 0 Å². The molecule has 2 saturated heterocycles. The molecular weight excluding hydrogens is 415 g/mol. The fourth-order valence-corrected chi connectivity index (χ4v) is 6.82. The highest BCUT2D eigenvalue weighted by atomic mass is 19.1. The number of fused-ring (bicyclic) bond motifs is 6. The third-order valence-electron chi connectivity index (χ3n) is 8.74. The summed E-state index contributed by atoms with van der Waals surface area (Å²) < 4.78 is 15.2. The number of carbonyl (C=O) groups excluding carboxylic acids is 1. The zero-order valence-electron chi connectivity index (χ0n) is 18.9. The number of rotatable bonds is 3. The number of halogens is 1. The van der Waals surface area contributed by atoms with Gasteiger partial charge in [0.1, 0.15) is 5.82 Å². The molecule has 5 nitrogen and oxygen atoms in total. The van der Waals surface area contributed by atoms with Crippen LogP contribution in [0.5, 0.6) is 0 Å². The molecule has 2 aliphatic heterocycles. The molecule has 2 bridgehead atoms. The number of aryl methyl sites for hydroxylation is 2. The van der Waals surface area contributed by atoms with Gasteiger partial charge in [-0.3, -0.25) is 9.78 Å². The van der Waals surface area contributed by atoms with Gasteiger partial charge in [-0.25, -0.2) is 4.39 Å². The van der Waals surface area contributed by atoms with Crippen LogP contribution in [0.25, 0.3) is 0 Å². The smallest absolute Gasteiger partial charge is 0.253 e. The Morgan fingerprint density at radius 2 is 1.94 bits per heavy atom. The Kier molecular flexibility index (Phi) is 4.55. The van der Waals surface area contributed by atoms with E-state index in [0.29, 0.717) is 30.0 Å². The second kappa shape index (κ2) is 7.52. The lowest BCUT2D eigenvalue weighted by Crippen LogP contribution is -2.51. The lowest BCUT2D eigenvalue weighted by Gasteiger charge is -2.35. The van der Waals surface area contributed by atoms with E-state index in [1.165, 1.54) is 36.9 Å². The molecule has 0 spiro atoms. The highest BCUT2D eigenvalue weighted by molar-refractivity contribution is 5.94. The third kappa shape index (κ3) is 3.54. The number of aromatic nitrogens is 1. The number of amides is 1. The molecule has 5 atom stereocenters. The van der Waals surface area contributed by atoms with Gasteiger partial charge in [-0.05, 0) is 98.1 Å². The lowest BCUT2D eigenvalue weighted by molar-refractivity contribution is 0.0933. The van der Waals surface area contributed by atoms with Crippen molar-refractivity contribution >= 4 is 11.6 Å². The molecule has 1 aromatic heterocycles. The maximum atomic E-state index is 15.2. The normalized spacial score (nSPS) is 31.4. The molecule has 2 aromatic rings. The molecule has 172 valence electrons. The number of benzene rings is 1. The van der Waals surface area contributed by atoms with E-state index in [9.17, 15) is 4.79 Å². The molecule has 2 N–H and O–H groups in total. The Labute approximate surface area is 194 Å². The summed E-state index contributed by atoms with van der Waals surface area (Å²) in [5.74, 6) is 1.22. The fraction of sp³-hybridized carbons (Fsp3) is 0.556. The number of nitrogens with zero attached hydrogens (tertiary/aromatic N) is 2. The Bertz CT molecular complexity index is 1120. The summed E-state index contributed by atoms with van der Waals surface area (Å²) in [6, 6.07) is 7.00. The van der Waals surface area contributed by atoms with Crippen LogP contribution in [0.2, 0.25) is 0 Å².